The minimum Gasteiger partial charge on any atom is -0.346 e. The van der Waals surface area contributed by atoms with Gasteiger partial charge in [-0.15, -0.1) is 12.3 Å². The van der Waals surface area contributed by atoms with Gasteiger partial charge in [-0.05, 0) is 0 Å². The first kappa shape index (κ1) is 11.8. The van der Waals surface area contributed by atoms with Crippen molar-refractivity contribution in [3.8, 4) is 12.3 Å². The molecule has 0 aromatic rings. The van der Waals surface area contributed by atoms with Crippen LogP contribution >= 0.6 is 0 Å². The average molecular weight is 194 g/mol. The van der Waals surface area contributed by atoms with E-state index in [1.165, 1.54) is 0 Å². The lowest BCUT2D eigenvalue weighted by atomic mass is 10.2. The molecule has 0 saturated carbocycles. The minimum atomic E-state index is -4.43. The molecule has 0 aliphatic carbocycles. The van der Waals surface area contributed by atoms with Crippen molar-refractivity contribution in [1.29, 1.82) is 0 Å². The molecule has 0 rings (SSSR count). The number of nitrogens with two attached hydrogens (primary N) is 1. The smallest absolute Gasteiger partial charge is 0.346 e. The van der Waals surface area contributed by atoms with Crippen LogP contribution in [0.15, 0.2) is 0 Å². The first-order valence-corrected chi connectivity index (χ1v) is 3.40. The molecule has 0 spiro atoms. The van der Waals surface area contributed by atoms with Crippen LogP contribution in [0.25, 0.3) is 0 Å². The lowest BCUT2D eigenvalue weighted by molar-refractivity contribution is -0.139. The molecule has 0 aromatic heterocycles. The molecular weight excluding hydrogens is 185 g/mol. The summed E-state index contributed by atoms with van der Waals surface area (Å²) in [6.07, 6.45) is 0.312. The number of alkyl halides is 3. The van der Waals surface area contributed by atoms with Crippen molar-refractivity contribution >= 4 is 5.91 Å². The molecule has 0 aliphatic heterocycles. The Bertz CT molecular complexity index is 219. The van der Waals surface area contributed by atoms with Crippen LogP contribution in [0.4, 0.5) is 13.2 Å². The number of rotatable bonds is 3. The maximum Gasteiger partial charge on any atom is 0.405 e. The van der Waals surface area contributed by atoms with Gasteiger partial charge in [-0.25, -0.2) is 0 Å². The molecule has 0 bridgehead atoms. The number of hydrogen-bond donors (Lipinski definition) is 2. The molecule has 3 N–H and O–H groups in total. The predicted octanol–water partition coefficient (Wildman–Crippen LogP) is 0.0155. The summed E-state index contributed by atoms with van der Waals surface area (Å²) in [5.41, 5.74) is 5.14. The normalized spacial score (nSPS) is 13.2. The fourth-order valence-corrected chi connectivity index (χ4v) is 0.538. The van der Waals surface area contributed by atoms with Crippen molar-refractivity contribution in [3.63, 3.8) is 0 Å². The van der Waals surface area contributed by atoms with Crippen molar-refractivity contribution in [2.75, 3.05) is 6.54 Å². The van der Waals surface area contributed by atoms with Crippen molar-refractivity contribution in [1.82, 2.24) is 5.32 Å². The van der Waals surface area contributed by atoms with Crippen molar-refractivity contribution < 1.29 is 18.0 Å². The molecule has 74 valence electrons. The Labute approximate surface area is 73.5 Å². The highest BCUT2D eigenvalue weighted by atomic mass is 19.4. The Hall–Kier alpha value is -1.22. The van der Waals surface area contributed by atoms with E-state index in [-0.39, 0.29) is 6.42 Å². The van der Waals surface area contributed by atoms with Crippen molar-refractivity contribution in [2.45, 2.75) is 18.6 Å². The van der Waals surface area contributed by atoms with Crippen LogP contribution in [-0.2, 0) is 4.79 Å². The fraction of sp³-hybridized carbons (Fsp3) is 0.571. The van der Waals surface area contributed by atoms with Gasteiger partial charge in [0.1, 0.15) is 6.54 Å². The Morgan fingerprint density at radius 2 is 2.15 bits per heavy atom. The monoisotopic (exact) mass is 194 g/mol. The maximum absolute atomic E-state index is 11.6. The van der Waals surface area contributed by atoms with Gasteiger partial charge in [-0.1, -0.05) is 0 Å². The molecule has 0 fully saturated rings. The van der Waals surface area contributed by atoms with E-state index in [4.69, 9.17) is 12.2 Å². The van der Waals surface area contributed by atoms with Crippen LogP contribution in [0, 0.1) is 12.3 Å². The fourth-order valence-electron chi connectivity index (χ4n) is 0.538. The van der Waals surface area contributed by atoms with Crippen molar-refractivity contribution in [2.24, 2.45) is 5.73 Å². The molecular formula is C7H9F3N2O. The quantitative estimate of drug-likeness (QED) is 0.622. The van der Waals surface area contributed by atoms with Gasteiger partial charge in [-0.2, -0.15) is 13.2 Å². The summed E-state index contributed by atoms with van der Waals surface area (Å²) in [6.45, 7) is -1.38. The zero-order chi connectivity index (χ0) is 10.5. The number of carbonyl (C=O) groups excluding carboxylic acids is 1. The van der Waals surface area contributed by atoms with Gasteiger partial charge in [-0.3, -0.25) is 4.79 Å². The van der Waals surface area contributed by atoms with E-state index in [2.05, 4.69) is 5.92 Å². The lowest BCUT2D eigenvalue weighted by Gasteiger charge is -2.11. The van der Waals surface area contributed by atoms with Gasteiger partial charge < -0.3 is 11.1 Å². The molecule has 1 amide bonds. The van der Waals surface area contributed by atoms with Crippen LogP contribution in [0.3, 0.4) is 0 Å². The standard InChI is InChI=1S/C7H9F3N2O/c1-2-3-5(11)6(13)12-4-7(8,9)10/h1,5H,3-4,11H2,(H,12,13). The molecule has 1 atom stereocenters. The highest BCUT2D eigenvalue weighted by Gasteiger charge is 2.28. The molecule has 6 heteroatoms. The summed E-state index contributed by atoms with van der Waals surface area (Å²) in [5, 5.41) is 1.62. The highest BCUT2D eigenvalue weighted by Crippen LogP contribution is 2.12. The Morgan fingerprint density at radius 1 is 1.62 bits per heavy atom. The van der Waals surface area contributed by atoms with E-state index in [9.17, 15) is 18.0 Å². The van der Waals surface area contributed by atoms with Crippen molar-refractivity contribution in [3.05, 3.63) is 0 Å². The van der Waals surface area contributed by atoms with Gasteiger partial charge in [0.05, 0.1) is 6.04 Å². The molecule has 0 saturated heterocycles. The second-order valence-electron chi connectivity index (χ2n) is 2.35. The summed E-state index contributed by atoms with van der Waals surface area (Å²) in [5.74, 6) is 1.19. The van der Waals surface area contributed by atoms with Crippen LogP contribution in [-0.4, -0.2) is 24.7 Å². The van der Waals surface area contributed by atoms with E-state index in [1.807, 2.05) is 0 Å². The first-order valence-electron chi connectivity index (χ1n) is 3.40. The van der Waals surface area contributed by atoms with E-state index in [1.54, 1.807) is 5.32 Å². The lowest BCUT2D eigenvalue weighted by Crippen LogP contribution is -2.44. The zero-order valence-electron chi connectivity index (χ0n) is 6.69. The molecule has 0 heterocycles. The summed E-state index contributed by atoms with van der Waals surface area (Å²) in [6, 6.07) is -1.08. The summed E-state index contributed by atoms with van der Waals surface area (Å²) in [7, 11) is 0. The van der Waals surface area contributed by atoms with Crippen LogP contribution in [0.2, 0.25) is 0 Å². The third-order valence-electron chi connectivity index (χ3n) is 1.14. The Morgan fingerprint density at radius 3 is 2.54 bits per heavy atom. The molecule has 3 nitrogen and oxygen atoms in total. The molecule has 0 radical (unpaired) electrons. The Kier molecular flexibility index (Phi) is 4.28. The SMILES string of the molecule is C#CCC(N)C(=O)NCC(F)(F)F. The predicted molar refractivity (Wildman–Crippen MR) is 40.5 cm³/mol. The Balaban J connectivity index is 3.83. The first-order chi connectivity index (χ1) is 5.87. The molecule has 13 heavy (non-hydrogen) atoms. The van der Waals surface area contributed by atoms with E-state index in [0.717, 1.165) is 0 Å². The molecule has 0 aliphatic rings. The molecule has 1 unspecified atom stereocenters. The second-order valence-corrected chi connectivity index (χ2v) is 2.35. The van der Waals surface area contributed by atoms with Gasteiger partial charge >= 0.3 is 6.18 Å². The third-order valence-corrected chi connectivity index (χ3v) is 1.14. The topological polar surface area (TPSA) is 55.1 Å². The number of nitrogens with one attached hydrogen (secondary N) is 1. The van der Waals surface area contributed by atoms with Gasteiger partial charge in [0.25, 0.3) is 0 Å². The third kappa shape index (κ3) is 5.99. The van der Waals surface area contributed by atoms with E-state index < -0.39 is 24.7 Å². The number of halogens is 3. The van der Waals surface area contributed by atoms with Gasteiger partial charge in [0.15, 0.2) is 0 Å². The van der Waals surface area contributed by atoms with Crippen LogP contribution in [0.5, 0.6) is 0 Å². The summed E-state index contributed by atoms with van der Waals surface area (Å²) in [4.78, 5) is 10.7. The average Bonchev–Trinajstić information content (AvgIpc) is 1.99. The van der Waals surface area contributed by atoms with E-state index in [0.29, 0.717) is 0 Å². The maximum atomic E-state index is 11.6. The van der Waals surface area contributed by atoms with Gasteiger partial charge in [0.2, 0.25) is 5.91 Å². The summed E-state index contributed by atoms with van der Waals surface area (Å²) < 4.78 is 34.7. The van der Waals surface area contributed by atoms with E-state index >= 15 is 0 Å². The largest absolute Gasteiger partial charge is 0.405 e. The zero-order valence-corrected chi connectivity index (χ0v) is 6.69. The number of carbonyl (C=O) groups is 1. The minimum absolute atomic E-state index is 0.0797. The van der Waals surface area contributed by atoms with Gasteiger partial charge in [0, 0.05) is 6.42 Å². The summed E-state index contributed by atoms with van der Waals surface area (Å²) >= 11 is 0. The highest BCUT2D eigenvalue weighted by molar-refractivity contribution is 5.81. The van der Waals surface area contributed by atoms with Crippen LogP contribution in [0.1, 0.15) is 6.42 Å². The number of amides is 1. The second kappa shape index (κ2) is 4.72. The van der Waals surface area contributed by atoms with Crippen LogP contribution < -0.4 is 11.1 Å². The molecule has 0 aromatic carbocycles. The number of hydrogen-bond acceptors (Lipinski definition) is 2. The number of terminal acetylenes is 1.